The van der Waals surface area contributed by atoms with Gasteiger partial charge in [0.2, 0.25) is 0 Å². The zero-order valence-corrected chi connectivity index (χ0v) is 18.7. The number of carbonyl (C=O) groups is 3. The second kappa shape index (κ2) is 8.26. The Hall–Kier alpha value is -4.14. The number of carbonyl (C=O) groups excluding carboxylic acids is 2. The number of nitrogens with one attached hydrogen (secondary N) is 1. The molecule has 1 saturated heterocycles. The van der Waals surface area contributed by atoms with Crippen LogP contribution in [0.2, 0.25) is 0 Å². The van der Waals surface area contributed by atoms with E-state index in [9.17, 15) is 14.4 Å². The van der Waals surface area contributed by atoms with Gasteiger partial charge in [-0.1, -0.05) is 48.5 Å². The number of nitrogens with zero attached hydrogens (tertiary/aromatic N) is 2. The standard InChI is InChI=1S/C26H23N3O6/c30-24(29-10-18-19(11-29)22(18)25(31)32)23-21(35-13-28-23)9-27-26(33)34-12-20-16-7-3-1-5-14(16)15-6-2-4-8-17(15)20/h1-8,13,18-20,22H,9-12H2,(H,27,33)(H,31,32). The summed E-state index contributed by atoms with van der Waals surface area (Å²) in [5.41, 5.74) is 4.67. The molecule has 1 saturated carbocycles. The Kier molecular flexibility index (Phi) is 5.05. The molecule has 3 aliphatic rings. The van der Waals surface area contributed by atoms with Gasteiger partial charge in [-0.3, -0.25) is 9.59 Å². The summed E-state index contributed by atoms with van der Waals surface area (Å²) in [6.07, 6.45) is 0.548. The van der Waals surface area contributed by atoms with Crippen LogP contribution in [0.15, 0.2) is 59.3 Å². The molecule has 2 amide bonds. The first kappa shape index (κ1) is 21.4. The number of alkyl carbamates (subject to hydrolysis) is 1. The van der Waals surface area contributed by atoms with E-state index in [-0.39, 0.29) is 54.2 Å². The van der Waals surface area contributed by atoms with E-state index in [1.807, 2.05) is 24.3 Å². The van der Waals surface area contributed by atoms with Crippen LogP contribution in [-0.2, 0) is 16.1 Å². The van der Waals surface area contributed by atoms with Crippen LogP contribution in [0.25, 0.3) is 11.1 Å². The molecule has 2 atom stereocenters. The van der Waals surface area contributed by atoms with Crippen LogP contribution in [-0.4, -0.2) is 52.7 Å². The summed E-state index contributed by atoms with van der Waals surface area (Å²) in [5.74, 6) is -1.28. The molecule has 3 aromatic rings. The van der Waals surface area contributed by atoms with Gasteiger partial charge in [0, 0.05) is 19.0 Å². The lowest BCUT2D eigenvalue weighted by Crippen LogP contribution is -2.34. The Morgan fingerprint density at radius 1 is 1.03 bits per heavy atom. The largest absolute Gasteiger partial charge is 0.481 e. The third-order valence-corrected chi connectivity index (χ3v) is 7.35. The number of hydrogen-bond donors (Lipinski definition) is 2. The highest BCUT2D eigenvalue weighted by molar-refractivity contribution is 5.94. The first-order chi connectivity index (χ1) is 17.0. The highest BCUT2D eigenvalue weighted by Crippen LogP contribution is 2.52. The molecule has 0 bridgehead atoms. The first-order valence-corrected chi connectivity index (χ1v) is 11.6. The molecule has 1 aromatic heterocycles. The van der Waals surface area contributed by atoms with Gasteiger partial charge >= 0.3 is 12.1 Å². The number of aromatic nitrogens is 1. The topological polar surface area (TPSA) is 122 Å². The minimum absolute atomic E-state index is 0.00533. The third-order valence-electron chi connectivity index (χ3n) is 7.35. The zero-order chi connectivity index (χ0) is 24.1. The molecule has 35 heavy (non-hydrogen) atoms. The lowest BCUT2D eigenvalue weighted by molar-refractivity contribution is -0.139. The fourth-order valence-corrected chi connectivity index (χ4v) is 5.58. The third kappa shape index (κ3) is 3.63. The minimum atomic E-state index is -0.804. The average Bonchev–Trinajstić information content (AvgIpc) is 3.22. The molecule has 2 aliphatic carbocycles. The van der Waals surface area contributed by atoms with Crippen molar-refractivity contribution in [1.29, 1.82) is 0 Å². The van der Waals surface area contributed by atoms with Gasteiger partial charge in [0.05, 0.1) is 12.5 Å². The van der Waals surface area contributed by atoms with Gasteiger partial charge in [-0.2, -0.15) is 0 Å². The second-order valence-corrected chi connectivity index (χ2v) is 9.21. The molecule has 2 N–H and O–H groups in total. The molecule has 0 spiro atoms. The van der Waals surface area contributed by atoms with Crippen molar-refractivity contribution in [3.05, 3.63) is 77.5 Å². The van der Waals surface area contributed by atoms with E-state index >= 15 is 0 Å². The number of oxazole rings is 1. The Morgan fingerprint density at radius 2 is 1.66 bits per heavy atom. The Bertz CT molecular complexity index is 1280. The summed E-state index contributed by atoms with van der Waals surface area (Å²) < 4.78 is 10.9. The Morgan fingerprint density at radius 3 is 2.29 bits per heavy atom. The molecule has 178 valence electrons. The predicted octanol–water partition coefficient (Wildman–Crippen LogP) is 3.12. The van der Waals surface area contributed by atoms with E-state index in [0.717, 1.165) is 22.3 Å². The van der Waals surface area contributed by atoms with Gasteiger partial charge < -0.3 is 24.5 Å². The van der Waals surface area contributed by atoms with Crippen molar-refractivity contribution in [2.75, 3.05) is 19.7 Å². The van der Waals surface area contributed by atoms with Crippen LogP contribution in [0.3, 0.4) is 0 Å². The zero-order valence-electron chi connectivity index (χ0n) is 18.7. The fraction of sp³-hybridized carbons (Fsp3) is 0.308. The number of fused-ring (bicyclic) bond motifs is 4. The van der Waals surface area contributed by atoms with Crippen LogP contribution < -0.4 is 5.32 Å². The first-order valence-electron chi connectivity index (χ1n) is 11.6. The molecule has 2 heterocycles. The molecule has 1 aliphatic heterocycles. The smallest absolute Gasteiger partial charge is 0.407 e. The maximum Gasteiger partial charge on any atom is 0.407 e. The van der Waals surface area contributed by atoms with Crippen molar-refractivity contribution in [2.45, 2.75) is 12.5 Å². The average molecular weight is 473 g/mol. The van der Waals surface area contributed by atoms with Crippen LogP contribution in [0.5, 0.6) is 0 Å². The molecule has 9 heteroatoms. The second-order valence-electron chi connectivity index (χ2n) is 9.21. The van der Waals surface area contributed by atoms with Gasteiger partial charge in [0.15, 0.2) is 17.8 Å². The number of carboxylic acids is 1. The number of rotatable bonds is 6. The molecule has 9 nitrogen and oxygen atoms in total. The van der Waals surface area contributed by atoms with E-state index in [4.69, 9.17) is 14.3 Å². The van der Waals surface area contributed by atoms with Crippen LogP contribution in [0, 0.1) is 17.8 Å². The Balaban J connectivity index is 1.05. The van der Waals surface area contributed by atoms with Crippen molar-refractivity contribution >= 4 is 18.0 Å². The number of benzene rings is 2. The van der Waals surface area contributed by atoms with E-state index in [2.05, 4.69) is 34.6 Å². The molecular weight excluding hydrogens is 450 g/mol. The molecule has 2 aromatic carbocycles. The van der Waals surface area contributed by atoms with E-state index in [1.165, 1.54) is 6.39 Å². The molecule has 6 rings (SSSR count). The van der Waals surface area contributed by atoms with Crippen molar-refractivity contribution in [3.63, 3.8) is 0 Å². The molecule has 0 radical (unpaired) electrons. The van der Waals surface area contributed by atoms with E-state index in [1.54, 1.807) is 4.90 Å². The van der Waals surface area contributed by atoms with Crippen LogP contribution in [0.4, 0.5) is 4.79 Å². The Labute approximate surface area is 200 Å². The number of amides is 2. The lowest BCUT2D eigenvalue weighted by Gasteiger charge is -2.18. The summed E-state index contributed by atoms with van der Waals surface area (Å²) >= 11 is 0. The van der Waals surface area contributed by atoms with Gasteiger partial charge in [0.1, 0.15) is 6.61 Å². The summed E-state index contributed by atoms with van der Waals surface area (Å²) in [4.78, 5) is 42.1. The lowest BCUT2D eigenvalue weighted by atomic mass is 9.98. The maximum absolute atomic E-state index is 12.9. The molecule has 2 fully saturated rings. The van der Waals surface area contributed by atoms with Crippen LogP contribution >= 0.6 is 0 Å². The normalized spacial score (nSPS) is 21.7. The summed E-state index contributed by atoms with van der Waals surface area (Å²) in [5, 5.41) is 11.8. The van der Waals surface area contributed by atoms with Crippen molar-refractivity contribution in [2.24, 2.45) is 17.8 Å². The van der Waals surface area contributed by atoms with Gasteiger partial charge in [-0.05, 0) is 34.1 Å². The van der Waals surface area contributed by atoms with Crippen LogP contribution in [0.1, 0.15) is 33.3 Å². The predicted molar refractivity (Wildman–Crippen MR) is 122 cm³/mol. The fourth-order valence-electron chi connectivity index (χ4n) is 5.58. The number of likely N-dealkylation sites (tertiary alicyclic amines) is 1. The number of ether oxygens (including phenoxy) is 1. The van der Waals surface area contributed by atoms with Gasteiger partial charge in [-0.15, -0.1) is 0 Å². The number of carboxylic acid groups (broad SMARTS) is 1. The number of hydrogen-bond acceptors (Lipinski definition) is 6. The highest BCUT2D eigenvalue weighted by Gasteiger charge is 2.60. The summed E-state index contributed by atoms with van der Waals surface area (Å²) in [6.45, 7) is 0.929. The van der Waals surface area contributed by atoms with Crippen molar-refractivity contribution in [3.8, 4) is 11.1 Å². The SMILES string of the molecule is O=C(NCc1ocnc1C(=O)N1CC2C(C1)C2C(=O)O)OCC1c2ccccc2-c2ccccc21. The monoisotopic (exact) mass is 473 g/mol. The summed E-state index contributed by atoms with van der Waals surface area (Å²) in [7, 11) is 0. The quantitative estimate of drug-likeness (QED) is 0.564. The number of aliphatic carboxylic acids is 1. The van der Waals surface area contributed by atoms with E-state index < -0.39 is 12.1 Å². The molecule has 2 unspecified atom stereocenters. The van der Waals surface area contributed by atoms with E-state index in [0.29, 0.717) is 13.1 Å². The maximum atomic E-state index is 12.9. The summed E-state index contributed by atoms with van der Waals surface area (Å²) in [6, 6.07) is 16.2. The molecular formula is C26H23N3O6. The van der Waals surface area contributed by atoms with Crippen molar-refractivity contribution in [1.82, 2.24) is 15.2 Å². The van der Waals surface area contributed by atoms with Gasteiger partial charge in [-0.25, -0.2) is 9.78 Å². The minimum Gasteiger partial charge on any atom is -0.481 e. The van der Waals surface area contributed by atoms with Crippen molar-refractivity contribution < 1.29 is 28.6 Å². The van der Waals surface area contributed by atoms with Gasteiger partial charge in [0.25, 0.3) is 5.91 Å². The highest BCUT2D eigenvalue weighted by atomic mass is 16.5. The number of piperidine rings is 1.